The van der Waals surface area contributed by atoms with Gasteiger partial charge < -0.3 is 20.1 Å². The average molecular weight is 390 g/mol. The molecule has 2 N–H and O–H groups in total. The highest BCUT2D eigenvalue weighted by Crippen LogP contribution is 2.33. The number of rotatable bonds is 8. The number of halogens is 3. The van der Waals surface area contributed by atoms with Crippen LogP contribution in [0.15, 0.2) is 24.3 Å². The molecule has 10 heteroatoms. The van der Waals surface area contributed by atoms with E-state index in [9.17, 15) is 27.6 Å². The third-order valence-corrected chi connectivity index (χ3v) is 3.38. The first-order valence-corrected chi connectivity index (χ1v) is 8.21. The normalized spacial score (nSPS) is 13.3. The highest BCUT2D eigenvalue weighted by Gasteiger charge is 2.63. The summed E-state index contributed by atoms with van der Waals surface area (Å²) in [7, 11) is 0. The number of benzene rings is 1. The molecule has 27 heavy (non-hydrogen) atoms. The second kappa shape index (κ2) is 9.24. The van der Waals surface area contributed by atoms with Crippen LogP contribution in [0.5, 0.6) is 0 Å². The molecule has 7 nitrogen and oxygen atoms in total. The summed E-state index contributed by atoms with van der Waals surface area (Å²) in [4.78, 5) is 35.4. The zero-order valence-corrected chi connectivity index (χ0v) is 15.1. The number of nitrogens with one attached hydrogen (secondary N) is 2. The highest BCUT2D eigenvalue weighted by molar-refractivity contribution is 5.92. The maximum Gasteiger partial charge on any atom is 0.441 e. The fourth-order valence-electron chi connectivity index (χ4n) is 2.05. The molecule has 0 spiro atoms. The van der Waals surface area contributed by atoms with Crippen molar-refractivity contribution in [3.63, 3.8) is 0 Å². The van der Waals surface area contributed by atoms with Crippen LogP contribution in [-0.2, 0) is 19.1 Å². The molecule has 1 aromatic carbocycles. The molecule has 0 aliphatic heterocycles. The molecule has 1 amide bonds. The monoisotopic (exact) mass is 390 g/mol. The molecule has 0 unspecified atom stereocenters. The van der Waals surface area contributed by atoms with Crippen molar-refractivity contribution in [3.8, 4) is 0 Å². The van der Waals surface area contributed by atoms with Crippen LogP contribution in [0.1, 0.15) is 37.6 Å². The second-order valence-corrected chi connectivity index (χ2v) is 5.29. The van der Waals surface area contributed by atoms with Crippen LogP contribution < -0.4 is 10.6 Å². The Labute approximate surface area is 154 Å². The van der Waals surface area contributed by atoms with Gasteiger partial charge in [0, 0.05) is 12.1 Å². The van der Waals surface area contributed by atoms with Gasteiger partial charge in [0.25, 0.3) is 0 Å². The van der Waals surface area contributed by atoms with Gasteiger partial charge in [-0.3, -0.25) is 4.79 Å². The molecule has 0 bridgehead atoms. The van der Waals surface area contributed by atoms with E-state index < -0.39 is 29.7 Å². The Balaban J connectivity index is 3.28. The molecule has 0 aromatic heterocycles. The Bertz CT molecular complexity index is 676. The van der Waals surface area contributed by atoms with Gasteiger partial charge in [-0.1, -0.05) is 6.92 Å². The van der Waals surface area contributed by atoms with Crippen molar-refractivity contribution in [1.82, 2.24) is 5.32 Å². The minimum Gasteiger partial charge on any atom is -0.463 e. The van der Waals surface area contributed by atoms with E-state index in [1.54, 1.807) is 12.2 Å². The summed E-state index contributed by atoms with van der Waals surface area (Å²) in [6.45, 7) is 4.12. The summed E-state index contributed by atoms with van der Waals surface area (Å²) in [5.41, 5.74) is -3.51. The fraction of sp³-hybridized carbons (Fsp3) is 0.471. The summed E-state index contributed by atoms with van der Waals surface area (Å²) in [6, 6.07) is 4.77. The van der Waals surface area contributed by atoms with E-state index in [2.05, 4.69) is 4.74 Å². The maximum absolute atomic E-state index is 13.8. The molecule has 0 saturated heterocycles. The van der Waals surface area contributed by atoms with E-state index in [-0.39, 0.29) is 30.9 Å². The lowest BCUT2D eigenvalue weighted by atomic mass is 10.1. The smallest absolute Gasteiger partial charge is 0.441 e. The van der Waals surface area contributed by atoms with Crippen LogP contribution in [0.3, 0.4) is 0 Å². The number of alkyl halides is 3. The third kappa shape index (κ3) is 5.35. The number of carbonyl (C=O) groups excluding carboxylic acids is 3. The number of ether oxygens (including phenoxy) is 2. The Morgan fingerprint density at radius 2 is 1.52 bits per heavy atom. The molecule has 0 aliphatic rings. The minimum absolute atomic E-state index is 0.119. The van der Waals surface area contributed by atoms with Gasteiger partial charge in [0.2, 0.25) is 5.91 Å². The Morgan fingerprint density at radius 1 is 0.963 bits per heavy atom. The Hall–Kier alpha value is -2.78. The molecule has 0 aliphatic carbocycles. The highest BCUT2D eigenvalue weighted by atomic mass is 19.4. The zero-order valence-electron chi connectivity index (χ0n) is 15.1. The van der Waals surface area contributed by atoms with E-state index in [1.807, 2.05) is 5.32 Å². The lowest BCUT2D eigenvalue weighted by Crippen LogP contribution is -2.69. The zero-order chi connectivity index (χ0) is 20.7. The number of esters is 2. The molecular formula is C17H21F3N2O5. The summed E-state index contributed by atoms with van der Waals surface area (Å²) in [5, 5.41) is 3.67. The van der Waals surface area contributed by atoms with Crippen LogP contribution in [0, 0.1) is 0 Å². The Morgan fingerprint density at radius 3 is 1.96 bits per heavy atom. The van der Waals surface area contributed by atoms with E-state index in [1.165, 1.54) is 26.0 Å². The summed E-state index contributed by atoms with van der Waals surface area (Å²) in [6.07, 6.45) is -5.48. The van der Waals surface area contributed by atoms with Gasteiger partial charge in [0.15, 0.2) is 0 Å². The molecule has 0 radical (unpaired) electrons. The van der Waals surface area contributed by atoms with E-state index in [0.29, 0.717) is 0 Å². The van der Waals surface area contributed by atoms with Crippen LogP contribution in [0.2, 0.25) is 0 Å². The van der Waals surface area contributed by atoms with Gasteiger partial charge >= 0.3 is 23.8 Å². The van der Waals surface area contributed by atoms with E-state index in [0.717, 1.165) is 12.1 Å². The van der Waals surface area contributed by atoms with Crippen molar-refractivity contribution >= 4 is 23.5 Å². The van der Waals surface area contributed by atoms with Gasteiger partial charge in [0.05, 0.1) is 18.8 Å². The summed E-state index contributed by atoms with van der Waals surface area (Å²) < 4.78 is 50.7. The second-order valence-electron chi connectivity index (χ2n) is 5.29. The van der Waals surface area contributed by atoms with Crippen LogP contribution in [0.25, 0.3) is 0 Å². The van der Waals surface area contributed by atoms with Gasteiger partial charge in [0.1, 0.15) is 0 Å². The molecule has 0 fully saturated rings. The third-order valence-electron chi connectivity index (χ3n) is 3.38. The van der Waals surface area contributed by atoms with Crippen molar-refractivity contribution in [2.75, 3.05) is 18.5 Å². The summed E-state index contributed by atoms with van der Waals surface area (Å²) >= 11 is 0. The van der Waals surface area contributed by atoms with Gasteiger partial charge in [-0.05, 0) is 38.1 Å². The largest absolute Gasteiger partial charge is 0.463 e. The molecular weight excluding hydrogens is 369 g/mol. The van der Waals surface area contributed by atoms with Crippen molar-refractivity contribution in [2.24, 2.45) is 0 Å². The SMILES string of the molecule is CCOC(=O)c1ccc(N[C@@](NC(=O)CC)(C(=O)OCC)C(F)(F)F)cc1. The number of amides is 1. The number of hydrogen-bond donors (Lipinski definition) is 2. The summed E-state index contributed by atoms with van der Waals surface area (Å²) in [5.74, 6) is -3.35. The van der Waals surface area contributed by atoms with Crippen molar-refractivity contribution in [1.29, 1.82) is 0 Å². The average Bonchev–Trinajstić information content (AvgIpc) is 2.60. The first-order chi connectivity index (χ1) is 12.6. The van der Waals surface area contributed by atoms with Crippen LogP contribution >= 0.6 is 0 Å². The minimum atomic E-state index is -5.20. The van der Waals surface area contributed by atoms with Crippen LogP contribution in [-0.4, -0.2) is 42.9 Å². The van der Waals surface area contributed by atoms with Crippen molar-refractivity contribution in [2.45, 2.75) is 39.0 Å². The van der Waals surface area contributed by atoms with E-state index in [4.69, 9.17) is 4.74 Å². The quantitative estimate of drug-likeness (QED) is 0.524. The molecule has 0 saturated carbocycles. The number of carbonyl (C=O) groups is 3. The predicted molar refractivity (Wildman–Crippen MR) is 89.9 cm³/mol. The number of anilines is 1. The number of hydrogen-bond acceptors (Lipinski definition) is 6. The van der Waals surface area contributed by atoms with Crippen LogP contribution in [0.4, 0.5) is 18.9 Å². The topological polar surface area (TPSA) is 93.7 Å². The van der Waals surface area contributed by atoms with Gasteiger partial charge in [-0.25, -0.2) is 9.59 Å². The lowest BCUT2D eigenvalue weighted by molar-refractivity contribution is -0.207. The predicted octanol–water partition coefficient (Wildman–Crippen LogP) is 2.62. The first-order valence-electron chi connectivity index (χ1n) is 8.21. The first kappa shape index (κ1) is 22.3. The van der Waals surface area contributed by atoms with Crippen molar-refractivity contribution in [3.05, 3.63) is 29.8 Å². The molecule has 0 heterocycles. The molecule has 1 aromatic rings. The van der Waals surface area contributed by atoms with Gasteiger partial charge in [-0.15, -0.1) is 0 Å². The van der Waals surface area contributed by atoms with E-state index >= 15 is 0 Å². The molecule has 1 atom stereocenters. The fourth-order valence-corrected chi connectivity index (χ4v) is 2.05. The lowest BCUT2D eigenvalue weighted by Gasteiger charge is -2.35. The molecule has 150 valence electrons. The van der Waals surface area contributed by atoms with Crippen molar-refractivity contribution < 1.29 is 37.0 Å². The maximum atomic E-state index is 13.8. The van der Waals surface area contributed by atoms with Gasteiger partial charge in [-0.2, -0.15) is 13.2 Å². The Kier molecular flexibility index (Phi) is 7.62. The standard InChI is InChI=1S/C17H21F3N2O5/c1-4-13(23)22-16(17(18,19)20,15(25)27-6-3)21-12-9-7-11(8-10-12)14(24)26-5-2/h7-10,21H,4-6H2,1-3H3,(H,22,23)/t16-/m1/s1. The molecule has 1 rings (SSSR count).